The molecule has 0 radical (unpaired) electrons. The first-order valence-electron chi connectivity index (χ1n) is 36.3. The summed E-state index contributed by atoms with van der Waals surface area (Å²) in [5.41, 5.74) is 17.7. The van der Waals surface area contributed by atoms with E-state index in [4.69, 9.17) is 79.7 Å². The number of benzene rings is 8. The number of rotatable bonds is 0. The quantitative estimate of drug-likeness (QED) is 0.102. The largest absolute Gasteiger partial charge is 2.00 e. The van der Waals surface area contributed by atoms with Crippen molar-refractivity contribution in [2.75, 3.05) is 0 Å². The molecule has 108 heavy (non-hydrogen) atoms. The fraction of sp³-hybridized carbons (Fsp3) is 0.267. The molecule has 0 unspecified atom stereocenters. The van der Waals surface area contributed by atoms with Crippen LogP contribution in [0.1, 0.15) is 169 Å². The van der Waals surface area contributed by atoms with Crippen molar-refractivity contribution in [3.05, 3.63) is 190 Å². The molecule has 0 spiro atoms. The summed E-state index contributed by atoms with van der Waals surface area (Å²) in [6, 6.07) is 50.8. The average Bonchev–Trinajstić information content (AvgIpc) is 1.60. The predicted molar refractivity (Wildman–Crippen MR) is 426 cm³/mol. The Labute approximate surface area is 652 Å². The van der Waals surface area contributed by atoms with Crippen LogP contribution in [0.4, 0.5) is 0 Å². The van der Waals surface area contributed by atoms with Crippen molar-refractivity contribution in [3.63, 3.8) is 0 Å². The molecule has 4 aliphatic rings. The van der Waals surface area contributed by atoms with E-state index in [1.54, 1.807) is 0 Å². The van der Waals surface area contributed by atoms with E-state index in [0.29, 0.717) is 91.8 Å². The van der Waals surface area contributed by atoms with Gasteiger partial charge in [0.05, 0.1) is 46.6 Å². The molecule has 0 fully saturated rings. The van der Waals surface area contributed by atoms with E-state index in [1.165, 1.54) is 0 Å². The Morgan fingerprint density at radius 1 is 0.194 bits per heavy atom. The summed E-state index contributed by atoms with van der Waals surface area (Å²) in [5, 5.41) is 6.75. The van der Waals surface area contributed by atoms with Gasteiger partial charge in [-0.05, 0) is 170 Å². The van der Waals surface area contributed by atoms with Gasteiger partial charge in [0, 0.05) is 101 Å². The second-order valence-corrected chi connectivity index (χ2v) is 34.8. The van der Waals surface area contributed by atoms with Crippen molar-refractivity contribution in [1.29, 1.82) is 0 Å². The molecule has 6 aromatic heterocycles. The van der Waals surface area contributed by atoms with Crippen molar-refractivity contribution < 1.29 is 39.0 Å². The smallest absolute Gasteiger partial charge is 0.357 e. The van der Waals surface area contributed by atoms with Gasteiger partial charge in [0.15, 0.2) is 0 Å². The van der Waals surface area contributed by atoms with Crippen LogP contribution in [0.15, 0.2) is 146 Å². The molecule has 18 rings (SSSR count). The molecule has 0 saturated heterocycles. The fourth-order valence-electron chi connectivity index (χ4n) is 14.4. The minimum absolute atomic E-state index is 0. The topological polar surface area (TPSA) is 211 Å². The summed E-state index contributed by atoms with van der Waals surface area (Å²) in [7, 11) is 0. The van der Waals surface area contributed by atoms with Crippen molar-refractivity contribution in [1.82, 2.24) is 79.7 Å². The standard InChI is InChI=1S/C90H78N16.2Zn/c1-85(2,3)47-23-31-55-63(39-47)81-97-71(55)93-77-61-37-45(21-29-53(61)69(91-77)95-79-65-41-49(87(7,8)9)25-33-57(65)73(99-79)103-83-67-43-51(89(13,14)15)27-35-59(67)75(101-81)105-83)19-20-46-22-30-54-62(38-46)78-92-70(54)96-80-66-42-50(88(10,11)12)26-34-58(66)74(100-80)104-84-68-44-52(90(16,17)18)28-36-60(68)76(106-84)102-82-64-40-48(86(4,5)6)24-32-56(64)72(94-78)98-82;;/h21-44H,1-18H3;;/q-4;2*+2. The molecule has 522 valence electrons. The minimum atomic E-state index is -0.172. The van der Waals surface area contributed by atoms with Gasteiger partial charge < -0.3 is 59.8 Å². The van der Waals surface area contributed by atoms with Crippen LogP contribution in [-0.4, -0.2) is 59.8 Å². The zero-order valence-electron chi connectivity index (χ0n) is 64.4. The molecule has 0 atom stereocenters. The van der Waals surface area contributed by atoms with Gasteiger partial charge >= 0.3 is 39.0 Å². The maximum Gasteiger partial charge on any atom is 2.00 e. The van der Waals surface area contributed by atoms with Gasteiger partial charge in [-0.1, -0.05) is 221 Å². The van der Waals surface area contributed by atoms with Gasteiger partial charge in [0.25, 0.3) is 0 Å². The Hall–Kier alpha value is -10.7. The molecule has 16 bridgehead atoms. The summed E-state index contributed by atoms with van der Waals surface area (Å²) in [6.45, 7) is 39.8. The van der Waals surface area contributed by atoms with Gasteiger partial charge in [0.2, 0.25) is 0 Å². The van der Waals surface area contributed by atoms with Gasteiger partial charge in [-0.15, -0.1) is 0 Å². The fourth-order valence-corrected chi connectivity index (χ4v) is 14.4. The molecular weight excluding hydrogens is 1440 g/mol. The van der Waals surface area contributed by atoms with Crippen LogP contribution in [-0.2, 0) is 71.4 Å². The third-order valence-electron chi connectivity index (χ3n) is 20.9. The molecule has 16 nitrogen and oxygen atoms in total. The van der Waals surface area contributed by atoms with Gasteiger partial charge in [0.1, 0.15) is 0 Å². The molecule has 8 aromatic carbocycles. The predicted octanol–water partition coefficient (Wildman–Crippen LogP) is 19.7. The third kappa shape index (κ3) is 12.3. The summed E-state index contributed by atoms with van der Waals surface area (Å²) >= 11 is 0. The first-order valence-corrected chi connectivity index (χ1v) is 36.3. The van der Waals surface area contributed by atoms with Crippen molar-refractivity contribution >= 4 is 88.3 Å². The molecular formula is C90H78N16Zn2. The molecule has 0 amide bonds. The van der Waals surface area contributed by atoms with E-state index in [9.17, 15) is 0 Å². The first-order chi connectivity index (χ1) is 50.2. The molecule has 14 aromatic rings. The van der Waals surface area contributed by atoms with Crippen LogP contribution in [0.3, 0.4) is 0 Å². The Morgan fingerprint density at radius 3 is 0.611 bits per heavy atom. The van der Waals surface area contributed by atoms with E-state index in [1.807, 2.05) is 36.4 Å². The third-order valence-corrected chi connectivity index (χ3v) is 20.9. The Balaban J connectivity index is 0.00000445. The number of hydrogen-bond acceptors (Lipinski definition) is 12. The van der Waals surface area contributed by atoms with Crippen LogP contribution < -0.4 is 19.9 Å². The second-order valence-electron chi connectivity index (χ2n) is 34.8. The van der Waals surface area contributed by atoms with Crippen molar-refractivity contribution in [2.45, 2.75) is 157 Å². The number of fused-ring (bicyclic) bond motifs is 40. The van der Waals surface area contributed by atoms with Crippen LogP contribution >= 0.6 is 0 Å². The molecule has 10 heterocycles. The van der Waals surface area contributed by atoms with Crippen LogP contribution in [0.5, 0.6) is 0 Å². The maximum atomic E-state index is 5.41. The Morgan fingerprint density at radius 2 is 0.380 bits per heavy atom. The Bertz CT molecular complexity index is 6230. The van der Waals surface area contributed by atoms with Gasteiger partial charge in [-0.25, -0.2) is 19.9 Å². The molecule has 0 saturated carbocycles. The van der Waals surface area contributed by atoms with Crippen molar-refractivity contribution in [3.8, 4) is 103 Å². The van der Waals surface area contributed by atoms with Gasteiger partial charge in [-0.3, -0.25) is 0 Å². The van der Waals surface area contributed by atoms with Crippen molar-refractivity contribution in [2.24, 2.45) is 0 Å². The van der Waals surface area contributed by atoms with Crippen LogP contribution in [0.25, 0.3) is 179 Å². The monoisotopic (exact) mass is 1510 g/mol. The second kappa shape index (κ2) is 24.9. The summed E-state index contributed by atoms with van der Waals surface area (Å²) < 4.78 is 0. The molecule has 0 aliphatic carbocycles. The molecule has 4 aliphatic heterocycles. The SMILES string of the molecule is CC(C)(C)c1ccc2c(c1)-c1nc-2nc2[n-]c(nc3nc(nc4[n-]c(n1)c1ccc(C(C)(C)C)cc41)-c1ccc(C#Cc4ccc5c(c4)-c4nc-5nc5[n-]c(nc6nc(nc7[n-]c(n4)c4ccc(C(C)(C)C)cc74)-c4ccc(C(C)(C)C)cc4-6)c4ccc(C(C)(C)C)cc54)cc1-3)c1ccc(C(C)(C)C)cc21.[Zn+2].[Zn+2]. The normalized spacial score (nSPS) is 12.9. The van der Waals surface area contributed by atoms with E-state index in [0.717, 1.165) is 132 Å². The first kappa shape index (κ1) is 71.5. The van der Waals surface area contributed by atoms with Gasteiger partial charge in [-0.2, -0.15) is 0 Å². The number of nitrogens with zero attached hydrogens (tertiary/aromatic N) is 16. The molecule has 0 N–H and O–H groups in total. The zero-order chi connectivity index (χ0) is 73.8. The van der Waals surface area contributed by atoms with Crippen LogP contribution in [0.2, 0.25) is 0 Å². The summed E-state index contributed by atoms with van der Waals surface area (Å²) in [4.78, 5) is 85.3. The van der Waals surface area contributed by atoms with E-state index in [2.05, 4.69) is 246 Å². The minimum Gasteiger partial charge on any atom is -0.357 e. The van der Waals surface area contributed by atoms with E-state index >= 15 is 0 Å². The van der Waals surface area contributed by atoms with Crippen LogP contribution in [0, 0.1) is 11.8 Å². The Kier molecular flexibility index (Phi) is 16.5. The number of hydrogen-bond donors (Lipinski definition) is 0. The maximum absolute atomic E-state index is 5.41. The van der Waals surface area contributed by atoms with E-state index in [-0.39, 0.29) is 71.4 Å². The van der Waals surface area contributed by atoms with E-state index < -0.39 is 0 Å². The number of aromatic nitrogens is 16. The average molecular weight is 1510 g/mol. The molecule has 18 heteroatoms. The summed E-state index contributed by atoms with van der Waals surface area (Å²) in [6.07, 6.45) is 0. The zero-order valence-corrected chi connectivity index (χ0v) is 70.4. The summed E-state index contributed by atoms with van der Waals surface area (Å²) in [5.74, 6) is 10.9.